The maximum atomic E-state index is 12.4. The van der Waals surface area contributed by atoms with E-state index in [1.807, 2.05) is 44.2 Å². The van der Waals surface area contributed by atoms with Crippen LogP contribution < -0.4 is 9.47 Å². The number of ether oxygens (including phenoxy) is 2. The lowest BCUT2D eigenvalue weighted by Crippen LogP contribution is -2.27. The van der Waals surface area contributed by atoms with Crippen molar-refractivity contribution in [3.05, 3.63) is 62.5 Å². The maximum Gasteiger partial charge on any atom is 0.266 e. The Balaban J connectivity index is 1.80. The number of thiocarbonyl (C=S) groups is 1. The fourth-order valence-electron chi connectivity index (χ4n) is 2.72. The Morgan fingerprint density at radius 3 is 2.52 bits per heavy atom. The van der Waals surface area contributed by atoms with Crippen molar-refractivity contribution in [2.75, 3.05) is 13.2 Å². The molecule has 0 bridgehead atoms. The van der Waals surface area contributed by atoms with Crippen LogP contribution >= 0.6 is 47.2 Å². The fraction of sp³-hybridized carbons (Fsp3) is 0.238. The van der Waals surface area contributed by atoms with E-state index in [2.05, 4.69) is 0 Å². The van der Waals surface area contributed by atoms with Gasteiger partial charge in [0.1, 0.15) is 10.9 Å². The van der Waals surface area contributed by atoms with Crippen molar-refractivity contribution in [1.29, 1.82) is 0 Å². The summed E-state index contributed by atoms with van der Waals surface area (Å²) in [4.78, 5) is 14.6. The highest BCUT2D eigenvalue weighted by Gasteiger charge is 2.30. The molecule has 1 aliphatic heterocycles. The number of benzene rings is 2. The van der Waals surface area contributed by atoms with Crippen LogP contribution in [0.3, 0.4) is 0 Å². The highest BCUT2D eigenvalue weighted by molar-refractivity contribution is 8.26. The monoisotopic (exact) mass is 467 g/mol. The van der Waals surface area contributed by atoms with Gasteiger partial charge < -0.3 is 9.47 Å². The Kier molecular flexibility index (Phi) is 7.46. The number of hydrogen-bond donors (Lipinski definition) is 0. The van der Waals surface area contributed by atoms with Gasteiger partial charge in [-0.2, -0.15) is 0 Å². The summed E-state index contributed by atoms with van der Waals surface area (Å²) in [5.41, 5.74) is 1.74. The normalized spacial score (nSPS) is 15.3. The number of amides is 1. The molecule has 0 spiro atoms. The van der Waals surface area contributed by atoms with Crippen LogP contribution in [0.15, 0.2) is 41.3 Å². The van der Waals surface area contributed by atoms with Crippen molar-refractivity contribution >= 4 is 63.5 Å². The van der Waals surface area contributed by atoms with Gasteiger partial charge in [0.25, 0.3) is 5.91 Å². The minimum atomic E-state index is -0.0691. The Morgan fingerprint density at radius 1 is 1.07 bits per heavy atom. The Bertz CT molecular complexity index is 978. The zero-order chi connectivity index (χ0) is 21.0. The lowest BCUT2D eigenvalue weighted by Gasteiger charge is -2.13. The molecule has 152 valence electrons. The molecular formula is C21H19Cl2NO3S2. The summed E-state index contributed by atoms with van der Waals surface area (Å²) >= 11 is 18.6. The van der Waals surface area contributed by atoms with E-state index in [1.54, 1.807) is 17.0 Å². The molecule has 0 unspecified atom stereocenters. The zero-order valence-corrected chi connectivity index (χ0v) is 19.1. The lowest BCUT2D eigenvalue weighted by atomic mass is 10.1. The van der Waals surface area contributed by atoms with E-state index in [0.29, 0.717) is 50.5 Å². The average molecular weight is 468 g/mol. The number of likely N-dealkylation sites (N-methyl/N-ethyl adjacent to an activating group) is 1. The van der Waals surface area contributed by atoms with E-state index < -0.39 is 0 Å². The summed E-state index contributed by atoms with van der Waals surface area (Å²) in [7, 11) is 0. The molecule has 1 amide bonds. The second kappa shape index (κ2) is 9.85. The van der Waals surface area contributed by atoms with Crippen LogP contribution in [0.5, 0.6) is 11.5 Å². The van der Waals surface area contributed by atoms with E-state index in [9.17, 15) is 4.79 Å². The smallest absolute Gasteiger partial charge is 0.266 e. The predicted molar refractivity (Wildman–Crippen MR) is 124 cm³/mol. The maximum absolute atomic E-state index is 12.4. The number of hydrogen-bond acceptors (Lipinski definition) is 5. The molecule has 2 aromatic rings. The van der Waals surface area contributed by atoms with Crippen molar-refractivity contribution in [2.24, 2.45) is 0 Å². The number of nitrogens with zero attached hydrogens (tertiary/aromatic N) is 1. The van der Waals surface area contributed by atoms with E-state index in [4.69, 9.17) is 44.9 Å². The summed E-state index contributed by atoms with van der Waals surface area (Å²) in [5.74, 6) is 1.14. The van der Waals surface area contributed by atoms with E-state index >= 15 is 0 Å². The van der Waals surface area contributed by atoms with Gasteiger partial charge in [-0.3, -0.25) is 9.69 Å². The molecule has 0 aliphatic carbocycles. The van der Waals surface area contributed by atoms with Gasteiger partial charge in [0.2, 0.25) is 0 Å². The largest absolute Gasteiger partial charge is 0.490 e. The third-order valence-electron chi connectivity index (χ3n) is 4.13. The van der Waals surface area contributed by atoms with Crippen molar-refractivity contribution in [1.82, 2.24) is 4.90 Å². The van der Waals surface area contributed by atoms with Crippen molar-refractivity contribution in [2.45, 2.75) is 20.5 Å². The quantitative estimate of drug-likeness (QED) is 0.358. The number of carbonyl (C=O) groups excluding carboxylic acids is 1. The van der Waals surface area contributed by atoms with Gasteiger partial charge in [-0.05, 0) is 55.3 Å². The Labute approximate surface area is 189 Å². The van der Waals surface area contributed by atoms with Crippen LogP contribution in [-0.2, 0) is 11.4 Å². The molecule has 1 aliphatic rings. The summed E-state index contributed by atoms with van der Waals surface area (Å²) in [5, 5.41) is 0.987. The average Bonchev–Trinajstić information content (AvgIpc) is 2.96. The third-order valence-corrected chi connectivity index (χ3v) is 6.25. The van der Waals surface area contributed by atoms with Crippen LogP contribution in [0.25, 0.3) is 6.08 Å². The first-order chi connectivity index (χ1) is 13.9. The van der Waals surface area contributed by atoms with Crippen LogP contribution in [-0.4, -0.2) is 28.3 Å². The first kappa shape index (κ1) is 22.0. The Morgan fingerprint density at radius 2 is 1.86 bits per heavy atom. The number of rotatable bonds is 7. The summed E-state index contributed by atoms with van der Waals surface area (Å²) in [6, 6.07) is 10.9. The second-order valence-corrected chi connectivity index (χ2v) is 8.59. The van der Waals surface area contributed by atoms with Crippen molar-refractivity contribution in [3.8, 4) is 11.5 Å². The summed E-state index contributed by atoms with van der Waals surface area (Å²) in [6.07, 6.45) is 1.82. The van der Waals surface area contributed by atoms with E-state index in [-0.39, 0.29) is 5.91 Å². The van der Waals surface area contributed by atoms with E-state index in [1.165, 1.54) is 11.8 Å². The van der Waals surface area contributed by atoms with Gasteiger partial charge in [-0.15, -0.1) is 0 Å². The number of carbonyl (C=O) groups is 1. The first-order valence-electron chi connectivity index (χ1n) is 9.01. The van der Waals surface area contributed by atoms with Gasteiger partial charge in [0, 0.05) is 6.54 Å². The molecule has 0 saturated carbocycles. The minimum Gasteiger partial charge on any atom is -0.490 e. The van der Waals surface area contributed by atoms with Crippen LogP contribution in [0.1, 0.15) is 25.0 Å². The molecule has 0 N–H and O–H groups in total. The number of halogens is 2. The predicted octanol–water partition coefficient (Wildman–Crippen LogP) is 6.19. The molecule has 3 rings (SSSR count). The fourth-order valence-corrected chi connectivity index (χ4v) is 4.42. The lowest BCUT2D eigenvalue weighted by molar-refractivity contribution is -0.121. The molecule has 1 saturated heterocycles. The molecule has 0 aromatic heterocycles. The molecule has 29 heavy (non-hydrogen) atoms. The first-order valence-corrected chi connectivity index (χ1v) is 11.0. The molecule has 0 atom stereocenters. The highest BCUT2D eigenvalue weighted by atomic mass is 35.5. The van der Waals surface area contributed by atoms with Crippen molar-refractivity contribution < 1.29 is 14.3 Å². The highest BCUT2D eigenvalue weighted by Crippen LogP contribution is 2.35. The van der Waals surface area contributed by atoms with Gasteiger partial charge in [-0.1, -0.05) is 59.3 Å². The second-order valence-electron chi connectivity index (χ2n) is 6.10. The van der Waals surface area contributed by atoms with Gasteiger partial charge >= 0.3 is 0 Å². The SMILES string of the molecule is CCOc1cc(/C=C2\SC(=S)N(CC)C2=O)ccc1OCc1ccc(Cl)c(Cl)c1. The molecule has 4 nitrogen and oxygen atoms in total. The third kappa shape index (κ3) is 5.25. The zero-order valence-electron chi connectivity index (χ0n) is 15.9. The van der Waals surface area contributed by atoms with Crippen molar-refractivity contribution in [3.63, 3.8) is 0 Å². The molecule has 1 heterocycles. The molecule has 8 heteroatoms. The molecule has 2 aromatic carbocycles. The van der Waals surface area contributed by atoms with Gasteiger partial charge in [0.05, 0.1) is 21.6 Å². The van der Waals surface area contributed by atoms with Gasteiger partial charge in [0.15, 0.2) is 11.5 Å². The molecule has 1 fully saturated rings. The van der Waals surface area contributed by atoms with Crippen LogP contribution in [0, 0.1) is 0 Å². The molecule has 0 radical (unpaired) electrons. The standard InChI is InChI=1S/C21H19Cl2NO3S2/c1-3-24-20(25)19(29-21(24)28)11-13-6-8-17(18(10-13)26-4-2)27-12-14-5-7-15(22)16(23)9-14/h5-11H,3-4,12H2,1-2H3/b19-11-. The van der Waals surface area contributed by atoms with E-state index in [0.717, 1.165) is 11.1 Å². The molecular weight excluding hydrogens is 449 g/mol. The summed E-state index contributed by atoms with van der Waals surface area (Å²) < 4.78 is 12.2. The Hall–Kier alpha value is -1.73. The minimum absolute atomic E-state index is 0.0691. The number of thioether (sulfide) groups is 1. The van der Waals surface area contributed by atoms with Crippen LogP contribution in [0.4, 0.5) is 0 Å². The van der Waals surface area contributed by atoms with Gasteiger partial charge in [-0.25, -0.2) is 0 Å². The topological polar surface area (TPSA) is 38.8 Å². The van der Waals surface area contributed by atoms with Crippen LogP contribution in [0.2, 0.25) is 10.0 Å². The summed E-state index contributed by atoms with van der Waals surface area (Å²) in [6.45, 7) is 5.19.